The molecule has 3 heterocycles. The van der Waals surface area contributed by atoms with E-state index < -0.39 is 46.5 Å². The van der Waals surface area contributed by atoms with Crippen LogP contribution in [-0.2, 0) is 21.5 Å². The molecule has 2 fully saturated rings. The van der Waals surface area contributed by atoms with Crippen LogP contribution in [0.3, 0.4) is 0 Å². The van der Waals surface area contributed by atoms with Gasteiger partial charge in [0.25, 0.3) is 11.8 Å². The number of carbonyl (C=O) groups excluding carboxylic acids is 2. The second kappa shape index (κ2) is 11.8. The van der Waals surface area contributed by atoms with Gasteiger partial charge in [0.15, 0.2) is 11.5 Å². The van der Waals surface area contributed by atoms with Gasteiger partial charge in [0.2, 0.25) is 0 Å². The van der Waals surface area contributed by atoms with Gasteiger partial charge < -0.3 is 9.84 Å². The number of hydrogen-bond acceptors (Lipinski definition) is 7. The van der Waals surface area contributed by atoms with Crippen molar-refractivity contribution in [2.45, 2.75) is 44.2 Å². The molecule has 4 unspecified atom stereocenters. The zero-order chi connectivity index (χ0) is 34.7. The van der Waals surface area contributed by atoms with Crippen LogP contribution < -0.4 is 21.5 Å². The number of aromatic hydroxyl groups is 1. The first kappa shape index (κ1) is 31.2. The maximum Gasteiger partial charge on any atom is 0.352 e. The monoisotopic (exact) mass is 669 g/mol. The Bertz CT molecular complexity index is 2290. The maximum absolute atomic E-state index is 15.2. The van der Waals surface area contributed by atoms with Crippen molar-refractivity contribution in [3.63, 3.8) is 0 Å². The van der Waals surface area contributed by atoms with Crippen LogP contribution in [0.15, 0.2) is 124 Å². The van der Waals surface area contributed by atoms with E-state index in [-0.39, 0.29) is 24.5 Å². The third kappa shape index (κ3) is 4.49. The fourth-order valence-corrected chi connectivity index (χ4v) is 8.16. The van der Waals surface area contributed by atoms with E-state index in [1.807, 2.05) is 80.6 Å². The summed E-state index contributed by atoms with van der Waals surface area (Å²) in [5, 5.41) is 11.8. The van der Waals surface area contributed by atoms with Crippen LogP contribution in [0.25, 0.3) is 5.69 Å². The van der Waals surface area contributed by atoms with E-state index in [0.717, 1.165) is 20.7 Å². The van der Waals surface area contributed by atoms with Gasteiger partial charge in [-0.3, -0.25) is 15.0 Å². The molecule has 1 aliphatic carbocycles. The van der Waals surface area contributed by atoms with Crippen LogP contribution in [0.1, 0.15) is 42.0 Å². The smallest absolute Gasteiger partial charge is 0.352 e. The Balaban J connectivity index is 1.38. The second-order valence-electron chi connectivity index (χ2n) is 13.0. The summed E-state index contributed by atoms with van der Waals surface area (Å²) in [5.74, 6) is -2.44. The molecule has 2 N–H and O–H groups in total. The van der Waals surface area contributed by atoms with Crippen molar-refractivity contribution in [1.29, 1.82) is 0 Å². The van der Waals surface area contributed by atoms with Gasteiger partial charge in [-0.15, -0.1) is 0 Å². The molecule has 3 aliphatic rings. The molecule has 11 heteroatoms. The van der Waals surface area contributed by atoms with Crippen molar-refractivity contribution in [3.05, 3.63) is 152 Å². The Labute approximate surface area is 287 Å². The number of aryl methyl sites for hydroxylation is 1. The first-order chi connectivity index (χ1) is 24.2. The van der Waals surface area contributed by atoms with E-state index in [1.54, 1.807) is 36.4 Å². The summed E-state index contributed by atoms with van der Waals surface area (Å²) in [4.78, 5) is 58.1. The zero-order valence-corrected chi connectivity index (χ0v) is 27.5. The molecule has 4 atom stereocenters. The van der Waals surface area contributed by atoms with Crippen LogP contribution in [0.5, 0.6) is 11.5 Å². The number of allylic oxidation sites excluding steroid dienone is 2. The molecule has 0 bridgehead atoms. The van der Waals surface area contributed by atoms with Crippen LogP contribution in [-0.4, -0.2) is 42.5 Å². The Hall–Kier alpha value is -6.10. The number of amides is 2. The summed E-state index contributed by atoms with van der Waals surface area (Å²) in [6.07, 6.45) is 2.00. The molecular formula is C39H35N5O6. The highest BCUT2D eigenvalue weighted by Gasteiger charge is 2.68. The summed E-state index contributed by atoms with van der Waals surface area (Å²) >= 11 is 0. The number of benzene rings is 4. The lowest BCUT2D eigenvalue weighted by atomic mass is 9.53. The summed E-state index contributed by atoms with van der Waals surface area (Å²) in [5.41, 5.74) is 4.65. The lowest BCUT2D eigenvalue weighted by Crippen LogP contribution is -2.53. The number of aromatic nitrogens is 3. The number of anilines is 1. The van der Waals surface area contributed by atoms with Gasteiger partial charge in [0.05, 0.1) is 41.9 Å². The number of phenols is 1. The standard InChI is InChI=1S/C39H35N5O6/c1-3-50-33-22-25(16-19-32(33)45)34-29-20-21-41-37(48)42(28-12-8-5-9-13-28)38(49)44(41)31(29)23-30-35(46)43(40-27-17-14-24(2)15-18-27)36(47)39(30,34)26-10-6-4-7-11-26/h4-20,22,30-31,34,40,45H,3,21,23H2,1-2H3. The van der Waals surface area contributed by atoms with Crippen LogP contribution >= 0.6 is 0 Å². The number of fused-ring (bicyclic) bond motifs is 4. The normalized spacial score (nSPS) is 22.4. The number of rotatable bonds is 7. The largest absolute Gasteiger partial charge is 0.504 e. The summed E-state index contributed by atoms with van der Waals surface area (Å²) in [6, 6.07) is 29.7. The molecule has 8 rings (SSSR count). The predicted octanol–water partition coefficient (Wildman–Crippen LogP) is 4.83. The molecular weight excluding hydrogens is 634 g/mol. The highest BCUT2D eigenvalue weighted by molar-refractivity contribution is 6.12. The topological polar surface area (TPSA) is 128 Å². The van der Waals surface area contributed by atoms with Crippen molar-refractivity contribution in [2.24, 2.45) is 5.92 Å². The van der Waals surface area contributed by atoms with Crippen molar-refractivity contribution in [2.75, 3.05) is 12.0 Å². The lowest BCUT2D eigenvalue weighted by molar-refractivity contribution is -0.138. The van der Waals surface area contributed by atoms with Gasteiger partial charge in [-0.2, -0.15) is 5.01 Å². The van der Waals surface area contributed by atoms with Gasteiger partial charge in [0.1, 0.15) is 0 Å². The van der Waals surface area contributed by atoms with Crippen LogP contribution in [0.2, 0.25) is 0 Å². The summed E-state index contributed by atoms with van der Waals surface area (Å²) in [6.45, 7) is 4.13. The number of hydrogen-bond donors (Lipinski definition) is 2. The number of imide groups is 1. The van der Waals surface area contributed by atoms with E-state index in [4.69, 9.17) is 4.74 Å². The van der Waals surface area contributed by atoms with Crippen LogP contribution in [0, 0.1) is 12.8 Å². The van der Waals surface area contributed by atoms with E-state index in [2.05, 4.69) is 5.43 Å². The van der Waals surface area contributed by atoms with Crippen molar-refractivity contribution in [3.8, 4) is 17.2 Å². The molecule has 1 saturated carbocycles. The highest BCUT2D eigenvalue weighted by Crippen LogP contribution is 2.62. The van der Waals surface area contributed by atoms with E-state index in [0.29, 0.717) is 29.1 Å². The molecule has 1 aromatic heterocycles. The third-order valence-corrected chi connectivity index (χ3v) is 10.3. The molecule has 50 heavy (non-hydrogen) atoms. The van der Waals surface area contributed by atoms with Gasteiger partial charge in [0, 0.05) is 5.92 Å². The molecule has 252 valence electrons. The van der Waals surface area contributed by atoms with Gasteiger partial charge in [-0.25, -0.2) is 23.5 Å². The minimum absolute atomic E-state index is 0.0626. The first-order valence-electron chi connectivity index (χ1n) is 16.7. The lowest BCUT2D eigenvalue weighted by Gasteiger charge is -2.49. The maximum atomic E-state index is 15.2. The average Bonchev–Trinajstić information content (AvgIpc) is 3.51. The number of hydrazine groups is 1. The number of carbonyl (C=O) groups is 2. The Kier molecular flexibility index (Phi) is 7.36. The van der Waals surface area contributed by atoms with Gasteiger partial charge >= 0.3 is 11.4 Å². The number of nitrogens with one attached hydrogen (secondary N) is 1. The Morgan fingerprint density at radius 2 is 1.58 bits per heavy atom. The average molecular weight is 670 g/mol. The van der Waals surface area contributed by atoms with Crippen molar-refractivity contribution < 1.29 is 19.4 Å². The van der Waals surface area contributed by atoms with Crippen molar-refractivity contribution >= 4 is 17.5 Å². The highest BCUT2D eigenvalue weighted by atomic mass is 16.5. The van der Waals surface area contributed by atoms with E-state index in [1.165, 1.54) is 15.4 Å². The summed E-state index contributed by atoms with van der Waals surface area (Å²) in [7, 11) is 0. The number of phenolic OH excluding ortho intramolecular Hbond substituents is 1. The number of ether oxygens (including phenoxy) is 1. The predicted molar refractivity (Wildman–Crippen MR) is 186 cm³/mol. The molecule has 4 aromatic carbocycles. The quantitative estimate of drug-likeness (QED) is 0.188. The molecule has 0 radical (unpaired) electrons. The Morgan fingerprint density at radius 3 is 2.28 bits per heavy atom. The fraction of sp³-hybridized carbons (Fsp3) is 0.231. The Morgan fingerprint density at radius 1 is 0.880 bits per heavy atom. The van der Waals surface area contributed by atoms with E-state index >= 15 is 4.79 Å². The van der Waals surface area contributed by atoms with Crippen molar-refractivity contribution in [1.82, 2.24) is 18.9 Å². The number of nitrogens with zero attached hydrogens (tertiary/aromatic N) is 4. The van der Waals surface area contributed by atoms with Gasteiger partial charge in [-0.1, -0.05) is 78.4 Å². The fourth-order valence-electron chi connectivity index (χ4n) is 8.16. The molecule has 2 amide bonds. The molecule has 5 aromatic rings. The van der Waals surface area contributed by atoms with Gasteiger partial charge in [-0.05, 0) is 73.4 Å². The SMILES string of the molecule is CCOc1cc(C2C3=CCn4c(=O)n(-c5ccccc5)c(=O)n4C3CC3C(=O)N(Nc4ccc(C)cc4)C(=O)C32c2ccccc2)ccc1O. The summed E-state index contributed by atoms with van der Waals surface area (Å²) < 4.78 is 9.81. The zero-order valence-electron chi connectivity index (χ0n) is 27.5. The molecule has 11 nitrogen and oxygen atoms in total. The molecule has 1 saturated heterocycles. The minimum Gasteiger partial charge on any atom is -0.504 e. The first-order valence-corrected chi connectivity index (χ1v) is 16.7. The second-order valence-corrected chi connectivity index (χ2v) is 13.0. The van der Waals surface area contributed by atoms with E-state index in [9.17, 15) is 19.5 Å². The third-order valence-electron chi connectivity index (χ3n) is 10.3. The molecule has 2 aliphatic heterocycles. The molecule has 0 spiro atoms. The van der Waals surface area contributed by atoms with Crippen LogP contribution in [0.4, 0.5) is 5.69 Å². The minimum atomic E-state index is -1.45. The number of para-hydroxylation sites is 1.